The molecule has 3 rings (SSSR count). The van der Waals surface area contributed by atoms with E-state index in [1.807, 2.05) is 6.07 Å². The van der Waals surface area contributed by atoms with Crippen molar-refractivity contribution in [2.75, 3.05) is 13.1 Å². The molecule has 0 aromatic heterocycles. The number of carbonyl (C=O) groups is 1. The van der Waals surface area contributed by atoms with Crippen molar-refractivity contribution in [1.29, 1.82) is 0 Å². The third-order valence-electron chi connectivity index (χ3n) is 4.49. The Morgan fingerprint density at radius 2 is 1.92 bits per heavy atom. The fourth-order valence-corrected chi connectivity index (χ4v) is 4.30. The van der Waals surface area contributed by atoms with Crippen LogP contribution in [0, 0.1) is 5.82 Å². The van der Waals surface area contributed by atoms with E-state index in [-0.39, 0.29) is 35.6 Å². The quantitative estimate of drug-likeness (QED) is 0.843. The van der Waals surface area contributed by atoms with Gasteiger partial charge in [-0.2, -0.15) is 0 Å². The lowest BCUT2D eigenvalue weighted by molar-refractivity contribution is -0.131. The summed E-state index contributed by atoms with van der Waals surface area (Å²) in [6, 6.07) is 14.2. The van der Waals surface area contributed by atoms with Crippen LogP contribution in [0.3, 0.4) is 0 Å². The van der Waals surface area contributed by atoms with Crippen molar-refractivity contribution >= 4 is 15.9 Å². The SMILES string of the molecule is O=C(CCNS(=O)(=O)c1ccccc1)N1CCC[C@H]1c1cccc(F)c1. The van der Waals surface area contributed by atoms with Gasteiger partial charge in [-0.3, -0.25) is 4.79 Å². The number of amides is 1. The third-order valence-corrected chi connectivity index (χ3v) is 5.97. The lowest BCUT2D eigenvalue weighted by Crippen LogP contribution is -2.34. The van der Waals surface area contributed by atoms with E-state index < -0.39 is 10.0 Å². The van der Waals surface area contributed by atoms with Gasteiger partial charge in [-0.05, 0) is 42.7 Å². The topological polar surface area (TPSA) is 66.5 Å². The Bertz CT molecular complexity index is 871. The van der Waals surface area contributed by atoms with Gasteiger partial charge >= 0.3 is 0 Å². The van der Waals surface area contributed by atoms with Gasteiger partial charge in [0, 0.05) is 19.5 Å². The van der Waals surface area contributed by atoms with Crippen molar-refractivity contribution in [2.24, 2.45) is 0 Å². The van der Waals surface area contributed by atoms with E-state index in [4.69, 9.17) is 0 Å². The molecule has 7 heteroatoms. The average Bonchev–Trinajstić information content (AvgIpc) is 3.12. The van der Waals surface area contributed by atoms with Crippen LogP contribution in [0.25, 0.3) is 0 Å². The minimum atomic E-state index is -3.62. The first-order valence-corrected chi connectivity index (χ1v) is 10.1. The molecular formula is C19H21FN2O3S. The number of sulfonamides is 1. The second-order valence-electron chi connectivity index (χ2n) is 6.26. The van der Waals surface area contributed by atoms with Crippen LogP contribution in [0.5, 0.6) is 0 Å². The van der Waals surface area contributed by atoms with E-state index in [1.54, 1.807) is 29.2 Å². The minimum Gasteiger partial charge on any atom is -0.336 e. The number of halogens is 1. The second kappa shape index (κ2) is 7.97. The fraction of sp³-hybridized carbons (Fsp3) is 0.316. The highest BCUT2D eigenvalue weighted by Gasteiger charge is 2.30. The molecule has 0 aliphatic carbocycles. The summed E-state index contributed by atoms with van der Waals surface area (Å²) in [7, 11) is -3.62. The average molecular weight is 376 g/mol. The van der Waals surface area contributed by atoms with Crippen LogP contribution in [-0.2, 0) is 14.8 Å². The van der Waals surface area contributed by atoms with Crippen molar-refractivity contribution in [3.63, 3.8) is 0 Å². The number of rotatable bonds is 6. The highest BCUT2D eigenvalue weighted by molar-refractivity contribution is 7.89. The molecular weight excluding hydrogens is 355 g/mol. The van der Waals surface area contributed by atoms with Gasteiger partial charge in [0.1, 0.15) is 5.82 Å². The Morgan fingerprint density at radius 3 is 2.65 bits per heavy atom. The van der Waals surface area contributed by atoms with Gasteiger partial charge in [-0.15, -0.1) is 0 Å². The van der Waals surface area contributed by atoms with Gasteiger partial charge in [0.05, 0.1) is 10.9 Å². The lowest BCUT2D eigenvalue weighted by Gasteiger charge is -2.25. The Balaban J connectivity index is 1.59. The molecule has 2 aromatic carbocycles. The van der Waals surface area contributed by atoms with Crippen molar-refractivity contribution in [3.05, 3.63) is 66.0 Å². The highest BCUT2D eigenvalue weighted by Crippen LogP contribution is 2.32. The van der Waals surface area contributed by atoms with Gasteiger partial charge in [0.25, 0.3) is 0 Å². The van der Waals surface area contributed by atoms with Gasteiger partial charge < -0.3 is 4.90 Å². The Labute approximate surface area is 152 Å². The maximum Gasteiger partial charge on any atom is 0.240 e. The third kappa shape index (κ3) is 4.28. The van der Waals surface area contributed by atoms with E-state index in [0.29, 0.717) is 6.54 Å². The first-order chi connectivity index (χ1) is 12.5. The molecule has 1 heterocycles. The number of hydrogen-bond donors (Lipinski definition) is 1. The molecule has 0 spiro atoms. The highest BCUT2D eigenvalue weighted by atomic mass is 32.2. The molecule has 0 saturated carbocycles. The van der Waals surface area contributed by atoms with E-state index in [2.05, 4.69) is 4.72 Å². The summed E-state index contributed by atoms with van der Waals surface area (Å²) in [5.41, 5.74) is 0.778. The maximum atomic E-state index is 13.5. The van der Waals surface area contributed by atoms with Crippen molar-refractivity contribution in [1.82, 2.24) is 9.62 Å². The summed E-state index contributed by atoms with van der Waals surface area (Å²) < 4.78 is 40.3. The van der Waals surface area contributed by atoms with Crippen molar-refractivity contribution in [3.8, 4) is 0 Å². The van der Waals surface area contributed by atoms with E-state index in [9.17, 15) is 17.6 Å². The second-order valence-corrected chi connectivity index (χ2v) is 8.03. The zero-order valence-electron chi connectivity index (χ0n) is 14.3. The predicted octanol–water partition coefficient (Wildman–Crippen LogP) is 2.86. The molecule has 1 amide bonds. The largest absolute Gasteiger partial charge is 0.336 e. The summed E-state index contributed by atoms with van der Waals surface area (Å²) in [5.74, 6) is -0.454. The molecule has 138 valence electrons. The van der Waals surface area contributed by atoms with E-state index in [0.717, 1.165) is 18.4 Å². The fourth-order valence-electron chi connectivity index (χ4n) is 3.24. The first-order valence-electron chi connectivity index (χ1n) is 8.57. The van der Waals surface area contributed by atoms with Crippen LogP contribution in [-0.4, -0.2) is 32.3 Å². The normalized spacial score (nSPS) is 17.4. The number of benzene rings is 2. The Hall–Kier alpha value is -2.25. The number of hydrogen-bond acceptors (Lipinski definition) is 3. The number of nitrogens with zero attached hydrogens (tertiary/aromatic N) is 1. The van der Waals surface area contributed by atoms with Gasteiger partial charge in [0.2, 0.25) is 15.9 Å². The summed E-state index contributed by atoms with van der Waals surface area (Å²) in [6.45, 7) is 0.633. The number of likely N-dealkylation sites (tertiary alicyclic amines) is 1. The molecule has 1 fully saturated rings. The Morgan fingerprint density at radius 1 is 1.15 bits per heavy atom. The van der Waals surface area contributed by atoms with Crippen molar-refractivity contribution in [2.45, 2.75) is 30.2 Å². The van der Waals surface area contributed by atoms with E-state index >= 15 is 0 Å². The molecule has 1 aliphatic heterocycles. The molecule has 0 radical (unpaired) electrons. The zero-order chi connectivity index (χ0) is 18.6. The number of nitrogens with one attached hydrogen (secondary N) is 1. The molecule has 2 aromatic rings. The molecule has 5 nitrogen and oxygen atoms in total. The van der Waals surface area contributed by atoms with E-state index in [1.165, 1.54) is 24.3 Å². The monoisotopic (exact) mass is 376 g/mol. The molecule has 1 aliphatic rings. The summed E-state index contributed by atoms with van der Waals surface area (Å²) in [6.07, 6.45) is 1.70. The summed E-state index contributed by atoms with van der Waals surface area (Å²) >= 11 is 0. The number of carbonyl (C=O) groups excluding carboxylic acids is 1. The zero-order valence-corrected chi connectivity index (χ0v) is 15.1. The van der Waals surface area contributed by atoms with Crippen molar-refractivity contribution < 1.29 is 17.6 Å². The van der Waals surface area contributed by atoms with Crippen LogP contribution in [0.4, 0.5) is 4.39 Å². The van der Waals surface area contributed by atoms with Crippen LogP contribution in [0.2, 0.25) is 0 Å². The standard InChI is InChI=1S/C19H21FN2O3S/c20-16-7-4-6-15(14-16)18-10-5-13-22(18)19(23)11-12-21-26(24,25)17-8-2-1-3-9-17/h1-4,6-9,14,18,21H,5,10-13H2/t18-/m0/s1. The molecule has 1 atom stereocenters. The molecule has 1 saturated heterocycles. The maximum absolute atomic E-state index is 13.5. The predicted molar refractivity (Wildman–Crippen MR) is 96.3 cm³/mol. The molecule has 0 unspecified atom stereocenters. The van der Waals surface area contributed by atoms with Crippen LogP contribution in [0.1, 0.15) is 30.9 Å². The van der Waals surface area contributed by atoms with Gasteiger partial charge in [0.15, 0.2) is 0 Å². The smallest absolute Gasteiger partial charge is 0.240 e. The molecule has 26 heavy (non-hydrogen) atoms. The van der Waals surface area contributed by atoms with Gasteiger partial charge in [-0.25, -0.2) is 17.5 Å². The minimum absolute atomic E-state index is 0.0302. The Kier molecular flexibility index (Phi) is 5.68. The van der Waals surface area contributed by atoms with Crippen LogP contribution < -0.4 is 4.72 Å². The van der Waals surface area contributed by atoms with Crippen LogP contribution >= 0.6 is 0 Å². The molecule has 1 N–H and O–H groups in total. The lowest BCUT2D eigenvalue weighted by atomic mass is 10.0. The van der Waals surface area contributed by atoms with Crippen LogP contribution in [0.15, 0.2) is 59.5 Å². The van der Waals surface area contributed by atoms with Gasteiger partial charge in [-0.1, -0.05) is 30.3 Å². The summed E-state index contributed by atoms with van der Waals surface area (Å²) in [4.78, 5) is 14.4. The molecule has 0 bridgehead atoms. The summed E-state index contributed by atoms with van der Waals surface area (Å²) in [5, 5.41) is 0. The first kappa shape index (κ1) is 18.5.